The Labute approximate surface area is 122 Å². The molecule has 0 aliphatic heterocycles. The first-order valence-corrected chi connectivity index (χ1v) is 7.26. The summed E-state index contributed by atoms with van der Waals surface area (Å²) in [6.07, 6.45) is 0. The van der Waals surface area contributed by atoms with Crippen LogP contribution in [0.25, 0.3) is 22.4 Å². The SMILES string of the molecule is Nc1onc(-c2csc(I)c2)c1-c1ccccc1. The average molecular weight is 368 g/mol. The van der Waals surface area contributed by atoms with Gasteiger partial charge in [0.2, 0.25) is 5.88 Å². The van der Waals surface area contributed by atoms with Gasteiger partial charge < -0.3 is 10.3 Å². The number of nitrogens with two attached hydrogens (primary N) is 1. The van der Waals surface area contributed by atoms with Gasteiger partial charge in [-0.15, -0.1) is 11.3 Å². The molecule has 0 fully saturated rings. The van der Waals surface area contributed by atoms with Crippen LogP contribution in [0.2, 0.25) is 0 Å². The number of thiophene rings is 1. The monoisotopic (exact) mass is 368 g/mol. The van der Waals surface area contributed by atoms with E-state index in [9.17, 15) is 0 Å². The van der Waals surface area contributed by atoms with Gasteiger partial charge in [0, 0.05) is 10.9 Å². The highest BCUT2D eigenvalue weighted by Crippen LogP contribution is 2.37. The number of anilines is 1. The van der Waals surface area contributed by atoms with E-state index in [1.54, 1.807) is 11.3 Å². The Morgan fingerprint density at radius 2 is 1.94 bits per heavy atom. The van der Waals surface area contributed by atoms with E-state index in [1.165, 1.54) is 2.88 Å². The molecule has 3 rings (SSSR count). The number of benzene rings is 1. The molecule has 2 heterocycles. The Balaban J connectivity index is 2.18. The summed E-state index contributed by atoms with van der Waals surface area (Å²) < 4.78 is 6.35. The van der Waals surface area contributed by atoms with Crippen molar-refractivity contribution < 1.29 is 4.52 Å². The van der Waals surface area contributed by atoms with Gasteiger partial charge in [0.1, 0.15) is 5.69 Å². The molecule has 0 unspecified atom stereocenters. The number of rotatable bonds is 2. The topological polar surface area (TPSA) is 52.0 Å². The van der Waals surface area contributed by atoms with Gasteiger partial charge in [0.05, 0.1) is 8.45 Å². The van der Waals surface area contributed by atoms with Crippen molar-refractivity contribution in [3.05, 3.63) is 44.7 Å². The van der Waals surface area contributed by atoms with Crippen molar-refractivity contribution in [2.45, 2.75) is 0 Å². The van der Waals surface area contributed by atoms with E-state index in [4.69, 9.17) is 10.3 Å². The van der Waals surface area contributed by atoms with Crippen LogP contribution in [0, 0.1) is 2.88 Å². The number of nitrogens with zero attached hydrogens (tertiary/aromatic N) is 1. The maximum atomic E-state index is 5.89. The summed E-state index contributed by atoms with van der Waals surface area (Å²) in [4.78, 5) is 0. The van der Waals surface area contributed by atoms with E-state index in [-0.39, 0.29) is 0 Å². The lowest BCUT2D eigenvalue weighted by molar-refractivity contribution is 0.439. The van der Waals surface area contributed by atoms with E-state index in [1.807, 2.05) is 30.3 Å². The fourth-order valence-electron chi connectivity index (χ4n) is 1.82. The molecule has 5 heteroatoms. The van der Waals surface area contributed by atoms with Gasteiger partial charge in [-0.05, 0) is 34.2 Å². The van der Waals surface area contributed by atoms with E-state index < -0.39 is 0 Å². The number of halogens is 1. The minimum atomic E-state index is 0.359. The molecular weight excluding hydrogens is 359 g/mol. The summed E-state index contributed by atoms with van der Waals surface area (Å²) >= 11 is 3.97. The second-order valence-electron chi connectivity index (χ2n) is 3.78. The van der Waals surface area contributed by atoms with Crippen molar-refractivity contribution in [3.63, 3.8) is 0 Å². The highest BCUT2D eigenvalue weighted by Gasteiger charge is 2.17. The van der Waals surface area contributed by atoms with Crippen LogP contribution < -0.4 is 5.73 Å². The molecule has 0 bridgehead atoms. The molecule has 1 aromatic carbocycles. The van der Waals surface area contributed by atoms with Crippen molar-refractivity contribution in [1.29, 1.82) is 0 Å². The van der Waals surface area contributed by atoms with Crippen molar-refractivity contribution in [2.24, 2.45) is 0 Å². The molecule has 18 heavy (non-hydrogen) atoms. The molecule has 0 spiro atoms. The molecule has 3 aromatic rings. The molecule has 2 N–H and O–H groups in total. The molecule has 0 saturated heterocycles. The van der Waals surface area contributed by atoms with E-state index in [0.717, 1.165) is 22.4 Å². The molecular formula is C13H9IN2OS. The fraction of sp³-hybridized carbons (Fsp3) is 0. The first kappa shape index (κ1) is 11.7. The maximum absolute atomic E-state index is 5.89. The first-order valence-electron chi connectivity index (χ1n) is 5.30. The van der Waals surface area contributed by atoms with Gasteiger partial charge in [-0.25, -0.2) is 0 Å². The highest BCUT2D eigenvalue weighted by molar-refractivity contribution is 14.1. The predicted molar refractivity (Wildman–Crippen MR) is 82.4 cm³/mol. The van der Waals surface area contributed by atoms with Gasteiger partial charge in [-0.3, -0.25) is 0 Å². The van der Waals surface area contributed by atoms with Crippen LogP contribution in [0.1, 0.15) is 0 Å². The largest absolute Gasteiger partial charge is 0.367 e. The third-order valence-electron chi connectivity index (χ3n) is 2.62. The van der Waals surface area contributed by atoms with Gasteiger partial charge in [0.25, 0.3) is 0 Å². The third kappa shape index (κ3) is 2.04. The molecule has 3 nitrogen and oxygen atoms in total. The summed E-state index contributed by atoms with van der Waals surface area (Å²) in [6.45, 7) is 0. The molecule has 0 saturated carbocycles. The van der Waals surface area contributed by atoms with Gasteiger partial charge in [-0.1, -0.05) is 35.5 Å². The van der Waals surface area contributed by atoms with Gasteiger partial charge >= 0.3 is 0 Å². The normalized spacial score (nSPS) is 10.7. The third-order valence-corrected chi connectivity index (χ3v) is 4.41. The Morgan fingerprint density at radius 3 is 2.61 bits per heavy atom. The summed E-state index contributed by atoms with van der Waals surface area (Å²) in [5.74, 6) is 0.359. The van der Waals surface area contributed by atoms with E-state index in [0.29, 0.717) is 5.88 Å². The van der Waals surface area contributed by atoms with Crippen molar-refractivity contribution in [3.8, 4) is 22.4 Å². The van der Waals surface area contributed by atoms with Crippen molar-refractivity contribution >= 4 is 39.8 Å². The number of nitrogen functional groups attached to an aromatic ring is 1. The van der Waals surface area contributed by atoms with Crippen LogP contribution in [0.5, 0.6) is 0 Å². The smallest absolute Gasteiger partial charge is 0.230 e. The summed E-state index contributed by atoms with van der Waals surface area (Å²) in [5.41, 5.74) is 9.62. The number of aromatic nitrogens is 1. The second-order valence-corrected chi connectivity index (χ2v) is 6.58. The van der Waals surface area contributed by atoms with Gasteiger partial charge in [0.15, 0.2) is 0 Å². The quantitative estimate of drug-likeness (QED) is 0.688. The molecule has 0 aliphatic rings. The zero-order valence-electron chi connectivity index (χ0n) is 9.26. The lowest BCUT2D eigenvalue weighted by Crippen LogP contribution is -1.86. The summed E-state index contributed by atoms with van der Waals surface area (Å²) in [6, 6.07) is 12.0. The lowest BCUT2D eigenvalue weighted by Gasteiger charge is -2.00. The Bertz CT molecular complexity index is 675. The first-order chi connectivity index (χ1) is 8.75. The summed E-state index contributed by atoms with van der Waals surface area (Å²) in [5, 5.41) is 6.14. The Hall–Kier alpha value is -1.34. The van der Waals surface area contributed by atoms with Crippen LogP contribution >= 0.6 is 33.9 Å². The van der Waals surface area contributed by atoms with Crippen molar-refractivity contribution in [1.82, 2.24) is 5.16 Å². The van der Waals surface area contributed by atoms with Crippen LogP contribution in [0.15, 0.2) is 46.3 Å². The highest BCUT2D eigenvalue weighted by atomic mass is 127. The van der Waals surface area contributed by atoms with Crippen LogP contribution in [-0.4, -0.2) is 5.16 Å². The number of hydrogen-bond acceptors (Lipinski definition) is 4. The second kappa shape index (κ2) is 4.74. The zero-order valence-corrected chi connectivity index (χ0v) is 12.2. The lowest BCUT2D eigenvalue weighted by atomic mass is 10.0. The minimum absolute atomic E-state index is 0.359. The zero-order chi connectivity index (χ0) is 12.5. The standard InChI is InChI=1S/C13H9IN2OS/c14-10-6-9(7-18-10)12-11(13(15)17-16-12)8-4-2-1-3-5-8/h1-7H,15H2. The molecule has 0 aliphatic carbocycles. The van der Waals surface area contributed by atoms with E-state index >= 15 is 0 Å². The number of hydrogen-bond donors (Lipinski definition) is 1. The van der Waals surface area contributed by atoms with Crippen LogP contribution in [0.4, 0.5) is 5.88 Å². The van der Waals surface area contributed by atoms with Crippen LogP contribution in [-0.2, 0) is 0 Å². The maximum Gasteiger partial charge on any atom is 0.230 e. The molecule has 90 valence electrons. The van der Waals surface area contributed by atoms with Crippen molar-refractivity contribution in [2.75, 3.05) is 5.73 Å². The predicted octanol–water partition coefficient (Wildman–Crippen LogP) is 4.26. The van der Waals surface area contributed by atoms with Crippen LogP contribution in [0.3, 0.4) is 0 Å². The molecule has 0 radical (unpaired) electrons. The average Bonchev–Trinajstić information content (AvgIpc) is 2.96. The van der Waals surface area contributed by atoms with Gasteiger partial charge in [-0.2, -0.15) is 0 Å². The van der Waals surface area contributed by atoms with E-state index in [2.05, 4.69) is 39.2 Å². The molecule has 2 aromatic heterocycles. The molecule has 0 atom stereocenters. The molecule has 0 amide bonds. The Morgan fingerprint density at radius 1 is 1.17 bits per heavy atom. The summed E-state index contributed by atoms with van der Waals surface area (Å²) in [7, 11) is 0. The Kier molecular flexibility index (Phi) is 3.09. The fourth-order valence-corrected chi connectivity index (χ4v) is 3.15. The minimum Gasteiger partial charge on any atom is -0.367 e.